The van der Waals surface area contributed by atoms with Crippen LogP contribution in [0.3, 0.4) is 0 Å². The van der Waals surface area contributed by atoms with Crippen LogP contribution in [0.5, 0.6) is 0 Å². The lowest BCUT2D eigenvalue weighted by molar-refractivity contribution is 0.0954. The van der Waals surface area contributed by atoms with E-state index in [9.17, 15) is 9.18 Å². The molecule has 0 unspecified atom stereocenters. The summed E-state index contributed by atoms with van der Waals surface area (Å²) in [7, 11) is 0. The third-order valence-corrected chi connectivity index (χ3v) is 4.69. The molecule has 0 radical (unpaired) electrons. The van der Waals surface area contributed by atoms with Crippen molar-refractivity contribution < 1.29 is 9.18 Å². The van der Waals surface area contributed by atoms with Gasteiger partial charge in [-0.1, -0.05) is 30.3 Å². The van der Waals surface area contributed by atoms with E-state index in [1.807, 2.05) is 31.2 Å². The lowest BCUT2D eigenvalue weighted by Gasteiger charge is -2.04. The summed E-state index contributed by atoms with van der Waals surface area (Å²) in [6.07, 6.45) is 0. The monoisotopic (exact) mass is 299 g/mol. The quantitative estimate of drug-likeness (QED) is 0.768. The summed E-state index contributed by atoms with van der Waals surface area (Å²) in [6.45, 7) is 2.36. The van der Waals surface area contributed by atoms with E-state index in [1.165, 1.54) is 23.5 Å². The standard InChI is InChI=1S/C17H14FNOS/c1-11-14-4-2-3-5-15(14)21-16(11)17(20)19-10-12-6-8-13(18)9-7-12/h2-9H,10H2,1H3,(H,19,20). The van der Waals surface area contributed by atoms with Crippen molar-refractivity contribution in [2.45, 2.75) is 13.5 Å². The maximum Gasteiger partial charge on any atom is 0.261 e. The number of thiophene rings is 1. The first kappa shape index (κ1) is 13.8. The minimum Gasteiger partial charge on any atom is -0.347 e. The van der Waals surface area contributed by atoms with Crippen molar-refractivity contribution in [2.24, 2.45) is 0 Å². The second-order valence-electron chi connectivity index (χ2n) is 4.86. The van der Waals surface area contributed by atoms with Crippen LogP contribution in [0.2, 0.25) is 0 Å². The predicted octanol–water partition coefficient (Wildman–Crippen LogP) is 4.28. The molecule has 21 heavy (non-hydrogen) atoms. The number of halogens is 1. The number of fused-ring (bicyclic) bond motifs is 1. The molecule has 0 aliphatic heterocycles. The van der Waals surface area contributed by atoms with Gasteiger partial charge in [0.25, 0.3) is 5.91 Å². The number of hydrogen-bond acceptors (Lipinski definition) is 2. The number of hydrogen-bond donors (Lipinski definition) is 1. The van der Waals surface area contributed by atoms with Gasteiger partial charge in [-0.15, -0.1) is 11.3 Å². The Bertz CT molecular complexity index is 792. The Morgan fingerprint density at radius 1 is 1.14 bits per heavy atom. The SMILES string of the molecule is Cc1c(C(=O)NCc2ccc(F)cc2)sc2ccccc12. The first-order valence-corrected chi connectivity index (χ1v) is 7.47. The fraction of sp³-hybridized carbons (Fsp3) is 0.118. The average molecular weight is 299 g/mol. The molecule has 0 bridgehead atoms. The summed E-state index contributed by atoms with van der Waals surface area (Å²) in [4.78, 5) is 13.0. The molecule has 1 N–H and O–H groups in total. The van der Waals surface area contributed by atoms with Crippen LogP contribution in [0.1, 0.15) is 20.8 Å². The van der Waals surface area contributed by atoms with Crippen molar-refractivity contribution in [3.05, 3.63) is 70.4 Å². The van der Waals surface area contributed by atoms with Crippen LogP contribution in [0.4, 0.5) is 4.39 Å². The topological polar surface area (TPSA) is 29.1 Å². The van der Waals surface area contributed by atoms with Crippen molar-refractivity contribution in [1.82, 2.24) is 5.32 Å². The minimum absolute atomic E-state index is 0.0852. The van der Waals surface area contributed by atoms with Gasteiger partial charge in [-0.25, -0.2) is 4.39 Å². The third-order valence-electron chi connectivity index (χ3n) is 3.42. The van der Waals surface area contributed by atoms with Gasteiger partial charge in [0, 0.05) is 11.2 Å². The van der Waals surface area contributed by atoms with E-state index in [0.717, 1.165) is 26.1 Å². The number of benzene rings is 2. The summed E-state index contributed by atoms with van der Waals surface area (Å²) in [6, 6.07) is 14.1. The lowest BCUT2D eigenvalue weighted by Crippen LogP contribution is -2.22. The Morgan fingerprint density at radius 3 is 2.57 bits per heavy atom. The van der Waals surface area contributed by atoms with Crippen LogP contribution < -0.4 is 5.32 Å². The first-order valence-electron chi connectivity index (χ1n) is 6.66. The zero-order chi connectivity index (χ0) is 14.8. The van der Waals surface area contributed by atoms with Crippen molar-refractivity contribution >= 4 is 27.3 Å². The number of rotatable bonds is 3. The molecule has 0 spiro atoms. The molecule has 0 aliphatic carbocycles. The van der Waals surface area contributed by atoms with E-state index < -0.39 is 0 Å². The Morgan fingerprint density at radius 2 is 1.86 bits per heavy atom. The van der Waals surface area contributed by atoms with Crippen LogP contribution >= 0.6 is 11.3 Å². The molecule has 0 saturated carbocycles. The second kappa shape index (κ2) is 5.66. The molecule has 3 rings (SSSR count). The zero-order valence-electron chi connectivity index (χ0n) is 11.5. The largest absolute Gasteiger partial charge is 0.347 e. The van der Waals surface area contributed by atoms with Crippen LogP contribution in [-0.4, -0.2) is 5.91 Å². The van der Waals surface area contributed by atoms with E-state index in [2.05, 4.69) is 5.32 Å². The van der Waals surface area contributed by atoms with E-state index >= 15 is 0 Å². The summed E-state index contributed by atoms with van der Waals surface area (Å²) in [5, 5.41) is 4.01. The fourth-order valence-corrected chi connectivity index (χ4v) is 3.38. The highest BCUT2D eigenvalue weighted by Gasteiger charge is 2.14. The Labute approximate surface area is 126 Å². The number of nitrogens with one attached hydrogen (secondary N) is 1. The van der Waals surface area contributed by atoms with E-state index in [0.29, 0.717) is 6.54 Å². The summed E-state index contributed by atoms with van der Waals surface area (Å²) in [5.74, 6) is -0.358. The number of carbonyl (C=O) groups is 1. The summed E-state index contributed by atoms with van der Waals surface area (Å²) < 4.78 is 13.9. The average Bonchev–Trinajstić information content (AvgIpc) is 2.84. The molecule has 0 aliphatic rings. The maximum atomic E-state index is 12.8. The van der Waals surface area contributed by atoms with Gasteiger partial charge in [0.05, 0.1) is 4.88 Å². The Hall–Kier alpha value is -2.20. The number of amides is 1. The van der Waals surface area contributed by atoms with Gasteiger partial charge in [-0.2, -0.15) is 0 Å². The van der Waals surface area contributed by atoms with Crippen molar-refractivity contribution in [2.75, 3.05) is 0 Å². The smallest absolute Gasteiger partial charge is 0.261 e. The molecule has 1 aromatic heterocycles. The first-order chi connectivity index (χ1) is 10.1. The lowest BCUT2D eigenvalue weighted by atomic mass is 10.1. The normalized spacial score (nSPS) is 10.8. The Balaban J connectivity index is 1.78. The van der Waals surface area contributed by atoms with Gasteiger partial charge in [0.1, 0.15) is 5.82 Å². The molecule has 0 fully saturated rings. The van der Waals surface area contributed by atoms with E-state index in [-0.39, 0.29) is 11.7 Å². The highest BCUT2D eigenvalue weighted by atomic mass is 32.1. The zero-order valence-corrected chi connectivity index (χ0v) is 12.3. The molecule has 4 heteroatoms. The molecule has 2 aromatic carbocycles. The van der Waals surface area contributed by atoms with Crippen LogP contribution in [0.25, 0.3) is 10.1 Å². The summed E-state index contributed by atoms with van der Waals surface area (Å²) in [5.41, 5.74) is 1.88. The molecule has 1 heterocycles. The molecule has 0 atom stereocenters. The van der Waals surface area contributed by atoms with Gasteiger partial charge < -0.3 is 5.32 Å². The third kappa shape index (κ3) is 2.81. The fourth-order valence-electron chi connectivity index (χ4n) is 2.26. The van der Waals surface area contributed by atoms with Crippen LogP contribution in [-0.2, 0) is 6.54 Å². The molecule has 106 valence electrons. The van der Waals surface area contributed by atoms with Gasteiger partial charge in [-0.05, 0) is 41.6 Å². The predicted molar refractivity (Wildman–Crippen MR) is 84.1 cm³/mol. The highest BCUT2D eigenvalue weighted by molar-refractivity contribution is 7.21. The van der Waals surface area contributed by atoms with E-state index in [4.69, 9.17) is 0 Å². The van der Waals surface area contributed by atoms with Gasteiger partial charge in [0.15, 0.2) is 0 Å². The van der Waals surface area contributed by atoms with Gasteiger partial charge in [-0.3, -0.25) is 4.79 Å². The van der Waals surface area contributed by atoms with Crippen LogP contribution in [0.15, 0.2) is 48.5 Å². The van der Waals surface area contributed by atoms with Crippen molar-refractivity contribution in [3.8, 4) is 0 Å². The maximum absolute atomic E-state index is 12.8. The number of carbonyl (C=O) groups excluding carboxylic acids is 1. The summed E-state index contributed by atoms with van der Waals surface area (Å²) >= 11 is 1.50. The molecule has 3 aromatic rings. The van der Waals surface area contributed by atoms with Gasteiger partial charge in [0.2, 0.25) is 0 Å². The van der Waals surface area contributed by atoms with Crippen LogP contribution in [0, 0.1) is 12.7 Å². The second-order valence-corrected chi connectivity index (χ2v) is 5.91. The van der Waals surface area contributed by atoms with Crippen molar-refractivity contribution in [1.29, 1.82) is 0 Å². The Kier molecular flexibility index (Phi) is 3.71. The van der Waals surface area contributed by atoms with Gasteiger partial charge >= 0.3 is 0 Å². The molecule has 1 amide bonds. The molecular weight excluding hydrogens is 285 g/mol. The molecular formula is C17H14FNOS. The molecule has 0 saturated heterocycles. The van der Waals surface area contributed by atoms with E-state index in [1.54, 1.807) is 12.1 Å². The van der Waals surface area contributed by atoms with Crippen molar-refractivity contribution in [3.63, 3.8) is 0 Å². The minimum atomic E-state index is -0.273. The number of aryl methyl sites for hydroxylation is 1. The highest BCUT2D eigenvalue weighted by Crippen LogP contribution is 2.30. The molecule has 2 nitrogen and oxygen atoms in total.